The van der Waals surface area contributed by atoms with Crippen LogP contribution in [0.5, 0.6) is 5.75 Å². The number of hydrogen-bond donors (Lipinski definition) is 1. The lowest BCUT2D eigenvalue weighted by Crippen LogP contribution is -2.50. The van der Waals surface area contributed by atoms with Gasteiger partial charge in [0.1, 0.15) is 5.75 Å². The minimum atomic E-state index is 0.221. The second-order valence-corrected chi connectivity index (χ2v) is 8.03. The van der Waals surface area contributed by atoms with Crippen LogP contribution in [0.1, 0.15) is 62.4 Å². The maximum Gasteiger partial charge on any atom is 0.122 e. The summed E-state index contributed by atoms with van der Waals surface area (Å²) in [6, 6.07) is 4.45. The van der Waals surface area contributed by atoms with Crippen LogP contribution >= 0.6 is 0 Å². The first-order valence-corrected chi connectivity index (χ1v) is 9.99. The number of phenols is 1. The van der Waals surface area contributed by atoms with E-state index in [1.165, 1.54) is 5.56 Å². The molecular formula is C21H34N2O3. The lowest BCUT2D eigenvalue weighted by atomic mass is 9.90. The highest BCUT2D eigenvalue weighted by atomic mass is 16.5. The third kappa shape index (κ3) is 4.22. The molecule has 2 heterocycles. The summed E-state index contributed by atoms with van der Waals surface area (Å²) < 4.78 is 11.2. The number of rotatable bonds is 5. The molecule has 0 unspecified atom stereocenters. The van der Waals surface area contributed by atoms with E-state index in [1.54, 1.807) is 0 Å². The van der Waals surface area contributed by atoms with Gasteiger partial charge in [-0.3, -0.25) is 9.80 Å². The summed E-state index contributed by atoms with van der Waals surface area (Å²) in [5.41, 5.74) is 3.40. The number of benzene rings is 1. The molecular weight excluding hydrogens is 328 g/mol. The first-order valence-electron chi connectivity index (χ1n) is 9.99. The Kier molecular flexibility index (Phi) is 6.56. The van der Waals surface area contributed by atoms with Gasteiger partial charge in [0.05, 0.1) is 32.6 Å². The Labute approximate surface area is 157 Å². The molecule has 0 bridgehead atoms. The van der Waals surface area contributed by atoms with Gasteiger partial charge in [-0.1, -0.05) is 27.7 Å². The van der Waals surface area contributed by atoms with Crippen LogP contribution in [-0.2, 0) is 9.47 Å². The zero-order chi connectivity index (χ0) is 18.7. The van der Waals surface area contributed by atoms with Gasteiger partial charge in [-0.2, -0.15) is 0 Å². The average Bonchev–Trinajstić information content (AvgIpc) is 2.64. The van der Waals surface area contributed by atoms with E-state index in [0.29, 0.717) is 17.6 Å². The molecule has 0 radical (unpaired) electrons. The van der Waals surface area contributed by atoms with Gasteiger partial charge in [0.15, 0.2) is 0 Å². The van der Waals surface area contributed by atoms with Crippen LogP contribution in [0.2, 0.25) is 0 Å². The highest BCUT2D eigenvalue weighted by Crippen LogP contribution is 2.38. The standard InChI is InChI=1S/C21H34N2O3/c1-15(2)18-13-17(14-19(16(3)4)20(18)24)21(22-5-9-25-10-6-22)23-7-11-26-12-8-23/h13-16,21,24H,5-12H2,1-4H3. The molecule has 0 amide bonds. The first kappa shape index (κ1) is 19.6. The Morgan fingerprint density at radius 1 is 0.769 bits per heavy atom. The fourth-order valence-electron chi connectivity index (χ4n) is 4.03. The second-order valence-electron chi connectivity index (χ2n) is 8.03. The summed E-state index contributed by atoms with van der Waals surface area (Å²) in [7, 11) is 0. The minimum Gasteiger partial charge on any atom is -0.507 e. The third-order valence-corrected chi connectivity index (χ3v) is 5.52. The van der Waals surface area contributed by atoms with Crippen molar-refractivity contribution in [3.8, 4) is 5.75 Å². The van der Waals surface area contributed by atoms with Crippen molar-refractivity contribution in [3.05, 3.63) is 28.8 Å². The first-order chi connectivity index (χ1) is 12.5. The number of ether oxygens (including phenoxy) is 2. The predicted molar refractivity (Wildman–Crippen MR) is 104 cm³/mol. The second kappa shape index (κ2) is 8.70. The summed E-state index contributed by atoms with van der Waals surface area (Å²) in [6.45, 7) is 15.5. The average molecular weight is 363 g/mol. The van der Waals surface area contributed by atoms with Gasteiger partial charge in [-0.25, -0.2) is 0 Å². The third-order valence-electron chi connectivity index (χ3n) is 5.52. The Morgan fingerprint density at radius 2 is 1.15 bits per heavy atom. The van der Waals surface area contributed by atoms with E-state index < -0.39 is 0 Å². The lowest BCUT2D eigenvalue weighted by Gasteiger charge is -2.43. The molecule has 1 aromatic carbocycles. The number of phenolic OH excluding ortho intramolecular Hbond substituents is 1. The van der Waals surface area contributed by atoms with Crippen LogP contribution in [0.4, 0.5) is 0 Å². The van der Waals surface area contributed by atoms with Crippen molar-refractivity contribution in [2.24, 2.45) is 0 Å². The van der Waals surface area contributed by atoms with Crippen LogP contribution in [-0.4, -0.2) is 67.5 Å². The van der Waals surface area contributed by atoms with E-state index in [4.69, 9.17) is 9.47 Å². The van der Waals surface area contributed by atoms with Gasteiger partial charge in [0.2, 0.25) is 0 Å². The largest absolute Gasteiger partial charge is 0.507 e. The summed E-state index contributed by atoms with van der Waals surface area (Å²) in [5.74, 6) is 1.06. The normalized spacial score (nSPS) is 20.4. The van der Waals surface area contributed by atoms with Crippen LogP contribution in [0.25, 0.3) is 0 Å². The number of hydrogen-bond acceptors (Lipinski definition) is 5. The van der Waals surface area contributed by atoms with Gasteiger partial charge < -0.3 is 14.6 Å². The zero-order valence-electron chi connectivity index (χ0n) is 16.7. The van der Waals surface area contributed by atoms with E-state index in [2.05, 4.69) is 49.6 Å². The van der Waals surface area contributed by atoms with Crippen LogP contribution in [0, 0.1) is 0 Å². The SMILES string of the molecule is CC(C)c1cc(C(N2CCOCC2)N2CCOCC2)cc(C(C)C)c1O. The molecule has 0 saturated carbocycles. The van der Waals surface area contributed by atoms with Gasteiger partial charge in [-0.15, -0.1) is 0 Å². The molecule has 0 aliphatic carbocycles. The summed E-state index contributed by atoms with van der Waals surface area (Å²) in [6.07, 6.45) is 0.221. The summed E-state index contributed by atoms with van der Waals surface area (Å²) in [5, 5.41) is 10.8. The Balaban J connectivity index is 2.03. The van der Waals surface area contributed by atoms with Crippen LogP contribution < -0.4 is 0 Å². The molecule has 0 spiro atoms. The summed E-state index contributed by atoms with van der Waals surface area (Å²) in [4.78, 5) is 5.05. The van der Waals surface area contributed by atoms with Crippen molar-refractivity contribution < 1.29 is 14.6 Å². The monoisotopic (exact) mass is 362 g/mol. The molecule has 1 N–H and O–H groups in total. The lowest BCUT2D eigenvalue weighted by molar-refractivity contribution is -0.0676. The fraction of sp³-hybridized carbons (Fsp3) is 0.714. The number of morpholine rings is 2. The molecule has 2 aliphatic rings. The highest BCUT2D eigenvalue weighted by Gasteiger charge is 2.31. The zero-order valence-corrected chi connectivity index (χ0v) is 16.7. The van der Waals surface area contributed by atoms with Crippen LogP contribution in [0.15, 0.2) is 12.1 Å². The molecule has 146 valence electrons. The van der Waals surface area contributed by atoms with Crippen molar-refractivity contribution >= 4 is 0 Å². The molecule has 2 aliphatic heterocycles. The van der Waals surface area contributed by atoms with E-state index in [1.807, 2.05) is 0 Å². The van der Waals surface area contributed by atoms with Crippen molar-refractivity contribution in [3.63, 3.8) is 0 Å². The molecule has 0 atom stereocenters. The number of aromatic hydroxyl groups is 1. The van der Waals surface area contributed by atoms with E-state index in [-0.39, 0.29) is 6.17 Å². The Bertz CT molecular complexity index is 544. The predicted octanol–water partition coefficient (Wildman–Crippen LogP) is 3.30. The molecule has 3 rings (SSSR count). The molecule has 26 heavy (non-hydrogen) atoms. The van der Waals surface area contributed by atoms with E-state index in [0.717, 1.165) is 63.7 Å². The highest BCUT2D eigenvalue weighted by molar-refractivity contribution is 5.47. The van der Waals surface area contributed by atoms with Crippen molar-refractivity contribution in [1.82, 2.24) is 9.80 Å². The van der Waals surface area contributed by atoms with E-state index >= 15 is 0 Å². The summed E-state index contributed by atoms with van der Waals surface area (Å²) >= 11 is 0. The molecule has 2 fully saturated rings. The Morgan fingerprint density at radius 3 is 1.50 bits per heavy atom. The van der Waals surface area contributed by atoms with Crippen molar-refractivity contribution in [2.75, 3.05) is 52.6 Å². The van der Waals surface area contributed by atoms with Crippen LogP contribution in [0.3, 0.4) is 0 Å². The van der Waals surface area contributed by atoms with Gasteiger partial charge in [-0.05, 0) is 40.7 Å². The van der Waals surface area contributed by atoms with E-state index in [9.17, 15) is 5.11 Å². The minimum absolute atomic E-state index is 0.221. The Hall–Kier alpha value is -1.14. The molecule has 5 heteroatoms. The van der Waals surface area contributed by atoms with Crippen molar-refractivity contribution in [2.45, 2.75) is 45.7 Å². The maximum absolute atomic E-state index is 10.8. The number of nitrogens with zero attached hydrogens (tertiary/aromatic N) is 2. The van der Waals surface area contributed by atoms with Gasteiger partial charge in [0, 0.05) is 26.2 Å². The quantitative estimate of drug-likeness (QED) is 0.871. The topological polar surface area (TPSA) is 45.2 Å². The van der Waals surface area contributed by atoms with Gasteiger partial charge in [0.25, 0.3) is 0 Å². The fourth-order valence-corrected chi connectivity index (χ4v) is 4.03. The molecule has 5 nitrogen and oxygen atoms in total. The molecule has 1 aromatic rings. The van der Waals surface area contributed by atoms with Gasteiger partial charge >= 0.3 is 0 Å². The molecule has 0 aromatic heterocycles. The smallest absolute Gasteiger partial charge is 0.122 e. The molecule has 2 saturated heterocycles. The van der Waals surface area contributed by atoms with Crippen molar-refractivity contribution in [1.29, 1.82) is 0 Å². The maximum atomic E-state index is 10.8.